The molecule has 5 nitrogen and oxygen atoms in total. The number of rotatable bonds is 2. The largest absolute Gasteiger partial charge is 0.491 e. The minimum Gasteiger partial charge on any atom is -0.491 e. The normalized spacial score (nSPS) is 17.6. The number of hydrogen-bond acceptors (Lipinski definition) is 3. The predicted octanol–water partition coefficient (Wildman–Crippen LogP) is 2.17. The van der Waals surface area contributed by atoms with Gasteiger partial charge < -0.3 is 10.1 Å². The summed E-state index contributed by atoms with van der Waals surface area (Å²) in [6.45, 7) is 0. The van der Waals surface area contributed by atoms with E-state index in [1.54, 1.807) is 0 Å². The fourth-order valence-electron chi connectivity index (χ4n) is 2.43. The highest BCUT2D eigenvalue weighted by atomic mass is 19.1. The second kappa shape index (κ2) is 4.59. The molecule has 0 saturated heterocycles. The van der Waals surface area contributed by atoms with Gasteiger partial charge >= 0.3 is 0 Å². The van der Waals surface area contributed by atoms with E-state index in [1.807, 2.05) is 0 Å². The van der Waals surface area contributed by atoms with Crippen LogP contribution < -0.4 is 10.1 Å². The molecule has 0 saturated carbocycles. The van der Waals surface area contributed by atoms with Crippen molar-refractivity contribution in [1.29, 1.82) is 0 Å². The molecule has 0 spiro atoms. The minimum atomic E-state index is -0.792. The zero-order valence-corrected chi connectivity index (χ0v) is 10.5. The van der Waals surface area contributed by atoms with Crippen LogP contribution in [-0.2, 0) is 4.79 Å². The van der Waals surface area contributed by atoms with E-state index >= 15 is 0 Å². The summed E-state index contributed by atoms with van der Waals surface area (Å²) in [5.41, 5.74) is 0.873. The Kier molecular flexibility index (Phi) is 2.89. The summed E-state index contributed by atoms with van der Waals surface area (Å²) in [5.74, 6) is -2.35. The Morgan fingerprint density at radius 3 is 2.90 bits per heavy atom. The average molecular weight is 279 g/mol. The van der Waals surface area contributed by atoms with Gasteiger partial charge in [0.1, 0.15) is 5.82 Å². The van der Waals surface area contributed by atoms with Crippen molar-refractivity contribution in [1.82, 2.24) is 10.2 Å². The second-order valence-electron chi connectivity index (χ2n) is 4.49. The Balaban J connectivity index is 2.13. The number of fused-ring (bicyclic) bond motifs is 1. The topological polar surface area (TPSA) is 67.0 Å². The number of ether oxygens (including phenoxy) is 1. The number of H-pyrrole nitrogens is 1. The first-order chi connectivity index (χ1) is 9.61. The first-order valence-electron chi connectivity index (χ1n) is 5.96. The summed E-state index contributed by atoms with van der Waals surface area (Å²) in [6.07, 6.45) is 1.59. The van der Waals surface area contributed by atoms with Gasteiger partial charge in [0, 0.05) is 23.5 Å². The maximum absolute atomic E-state index is 14.3. The van der Waals surface area contributed by atoms with Gasteiger partial charge in [0.25, 0.3) is 0 Å². The number of carbonyl (C=O) groups is 1. The van der Waals surface area contributed by atoms with E-state index in [4.69, 9.17) is 4.74 Å². The van der Waals surface area contributed by atoms with Gasteiger partial charge in [-0.3, -0.25) is 9.89 Å². The molecule has 1 aromatic heterocycles. The summed E-state index contributed by atoms with van der Waals surface area (Å²) in [6, 6.07) is 2.46. The molecule has 1 amide bonds. The van der Waals surface area contributed by atoms with Crippen molar-refractivity contribution in [2.24, 2.45) is 0 Å². The summed E-state index contributed by atoms with van der Waals surface area (Å²) >= 11 is 0. The van der Waals surface area contributed by atoms with Crippen LogP contribution in [0.15, 0.2) is 18.3 Å². The smallest absolute Gasteiger partial charge is 0.226 e. The third kappa shape index (κ3) is 1.82. The van der Waals surface area contributed by atoms with Gasteiger partial charge in [-0.2, -0.15) is 5.10 Å². The summed E-state index contributed by atoms with van der Waals surface area (Å²) in [4.78, 5) is 11.7. The number of hydrogen-bond donors (Lipinski definition) is 2. The van der Waals surface area contributed by atoms with Crippen molar-refractivity contribution in [3.05, 3.63) is 41.1 Å². The lowest BCUT2D eigenvalue weighted by atomic mass is 9.87. The molecule has 2 aromatic rings. The van der Waals surface area contributed by atoms with Gasteiger partial charge in [0.15, 0.2) is 17.4 Å². The molecule has 0 aliphatic carbocycles. The maximum atomic E-state index is 14.3. The van der Waals surface area contributed by atoms with Crippen LogP contribution >= 0.6 is 0 Å². The summed E-state index contributed by atoms with van der Waals surface area (Å²) in [7, 11) is 1.20. The third-order valence-electron chi connectivity index (χ3n) is 3.36. The Morgan fingerprint density at radius 1 is 1.35 bits per heavy atom. The van der Waals surface area contributed by atoms with Crippen LogP contribution in [0.2, 0.25) is 0 Å². The minimum absolute atomic E-state index is 0.0677. The Morgan fingerprint density at radius 2 is 2.15 bits per heavy atom. The fourth-order valence-corrected chi connectivity index (χ4v) is 2.43. The van der Waals surface area contributed by atoms with Gasteiger partial charge in [-0.15, -0.1) is 0 Å². The number of nitrogens with one attached hydrogen (secondary N) is 2. The predicted molar refractivity (Wildman–Crippen MR) is 66.6 cm³/mol. The quantitative estimate of drug-likeness (QED) is 0.885. The van der Waals surface area contributed by atoms with Crippen LogP contribution in [0.4, 0.5) is 14.6 Å². The number of carbonyl (C=O) groups excluding carboxylic acids is 1. The lowest BCUT2D eigenvalue weighted by molar-refractivity contribution is -0.116. The zero-order chi connectivity index (χ0) is 14.3. The van der Waals surface area contributed by atoms with Crippen molar-refractivity contribution in [3.8, 4) is 5.75 Å². The van der Waals surface area contributed by atoms with Crippen LogP contribution in [0, 0.1) is 11.6 Å². The Labute approximate surface area is 112 Å². The second-order valence-corrected chi connectivity index (χ2v) is 4.49. The maximum Gasteiger partial charge on any atom is 0.226 e. The van der Waals surface area contributed by atoms with Gasteiger partial charge in [-0.1, -0.05) is 6.07 Å². The highest BCUT2D eigenvalue weighted by Gasteiger charge is 2.31. The molecular weight excluding hydrogens is 268 g/mol. The SMILES string of the molecule is COc1c(F)ccc(C2CC(=O)Nc3[nH]ncc32)c1F. The molecule has 0 bridgehead atoms. The van der Waals surface area contributed by atoms with Crippen LogP contribution in [-0.4, -0.2) is 23.2 Å². The van der Waals surface area contributed by atoms with E-state index in [0.717, 1.165) is 6.07 Å². The molecule has 1 aromatic carbocycles. The Bertz CT molecular complexity index is 684. The standard InChI is InChI=1S/C13H11F2N3O2/c1-20-12-9(14)3-2-6(11(12)15)7-4-10(19)17-13-8(7)5-16-18-13/h2-3,5,7H,4H2,1H3,(H2,16,17,18,19). The van der Waals surface area contributed by atoms with Crippen molar-refractivity contribution in [2.75, 3.05) is 12.4 Å². The van der Waals surface area contributed by atoms with E-state index < -0.39 is 23.3 Å². The van der Waals surface area contributed by atoms with E-state index in [1.165, 1.54) is 19.4 Å². The fraction of sp³-hybridized carbons (Fsp3) is 0.231. The van der Waals surface area contributed by atoms with Crippen LogP contribution in [0.25, 0.3) is 0 Å². The third-order valence-corrected chi connectivity index (χ3v) is 3.36. The Hall–Kier alpha value is -2.44. The van der Waals surface area contributed by atoms with Gasteiger partial charge in [-0.25, -0.2) is 8.78 Å². The molecule has 1 aliphatic heterocycles. The molecule has 0 fully saturated rings. The van der Waals surface area contributed by atoms with Crippen LogP contribution in [0.1, 0.15) is 23.5 Å². The molecule has 2 N–H and O–H groups in total. The van der Waals surface area contributed by atoms with E-state index in [-0.39, 0.29) is 17.9 Å². The van der Waals surface area contributed by atoms with Crippen molar-refractivity contribution in [3.63, 3.8) is 0 Å². The van der Waals surface area contributed by atoms with E-state index in [9.17, 15) is 13.6 Å². The lowest BCUT2D eigenvalue weighted by Gasteiger charge is -2.23. The molecule has 7 heteroatoms. The van der Waals surface area contributed by atoms with Gasteiger partial charge in [0.2, 0.25) is 5.91 Å². The van der Waals surface area contributed by atoms with Gasteiger partial charge in [-0.05, 0) is 6.07 Å². The monoisotopic (exact) mass is 279 g/mol. The van der Waals surface area contributed by atoms with Crippen LogP contribution in [0.5, 0.6) is 5.75 Å². The van der Waals surface area contributed by atoms with Crippen molar-refractivity contribution in [2.45, 2.75) is 12.3 Å². The van der Waals surface area contributed by atoms with Crippen molar-refractivity contribution < 1.29 is 18.3 Å². The van der Waals surface area contributed by atoms with Crippen molar-refractivity contribution >= 4 is 11.7 Å². The highest BCUT2D eigenvalue weighted by molar-refractivity contribution is 5.94. The number of anilines is 1. The highest BCUT2D eigenvalue weighted by Crippen LogP contribution is 2.39. The number of aromatic nitrogens is 2. The van der Waals surface area contributed by atoms with Crippen LogP contribution in [0.3, 0.4) is 0 Å². The zero-order valence-electron chi connectivity index (χ0n) is 10.5. The molecule has 1 unspecified atom stereocenters. The number of benzene rings is 1. The molecular formula is C13H11F2N3O2. The molecule has 20 heavy (non-hydrogen) atoms. The summed E-state index contributed by atoms with van der Waals surface area (Å²) in [5, 5.41) is 9.09. The van der Waals surface area contributed by atoms with E-state index in [0.29, 0.717) is 11.4 Å². The number of nitrogens with zero attached hydrogens (tertiary/aromatic N) is 1. The first-order valence-corrected chi connectivity index (χ1v) is 5.96. The first kappa shape index (κ1) is 12.6. The average Bonchev–Trinajstić information content (AvgIpc) is 2.86. The summed E-state index contributed by atoms with van der Waals surface area (Å²) < 4.78 is 32.5. The number of amides is 1. The van der Waals surface area contributed by atoms with Gasteiger partial charge in [0.05, 0.1) is 13.3 Å². The molecule has 104 valence electrons. The molecule has 1 aliphatic rings. The van der Waals surface area contributed by atoms with E-state index in [2.05, 4.69) is 15.5 Å². The molecule has 3 rings (SSSR count). The lowest BCUT2D eigenvalue weighted by Crippen LogP contribution is -2.23. The molecule has 0 radical (unpaired) electrons. The number of methoxy groups -OCH3 is 1. The number of aromatic amines is 1. The molecule has 2 heterocycles. The molecule has 1 atom stereocenters. The number of halogens is 2.